The molecule has 0 saturated heterocycles. The SMILES string of the molecule is Clc1ccc2c(c1)-c1oc3ccccc3c1C21c2ccccc2-c2c(Br)cccc21. The highest BCUT2D eigenvalue weighted by atomic mass is 79.9. The van der Waals surface area contributed by atoms with Gasteiger partial charge in [-0.05, 0) is 46.5 Å². The fourth-order valence-electron chi connectivity index (χ4n) is 5.62. The highest BCUT2D eigenvalue weighted by Gasteiger charge is 2.54. The minimum atomic E-state index is -0.419. The van der Waals surface area contributed by atoms with Gasteiger partial charge in [0.15, 0.2) is 0 Å². The molecule has 1 heterocycles. The highest BCUT2D eigenvalue weighted by molar-refractivity contribution is 9.10. The lowest BCUT2D eigenvalue weighted by Crippen LogP contribution is -2.25. The van der Waals surface area contributed by atoms with Crippen LogP contribution in [0, 0.1) is 0 Å². The lowest BCUT2D eigenvalue weighted by molar-refractivity contribution is 0.628. The topological polar surface area (TPSA) is 13.1 Å². The van der Waals surface area contributed by atoms with Gasteiger partial charge in [0.2, 0.25) is 0 Å². The Kier molecular flexibility index (Phi) is 3.19. The average Bonchev–Trinajstić information content (AvgIpc) is 3.37. The van der Waals surface area contributed by atoms with Crippen LogP contribution in [0.1, 0.15) is 22.3 Å². The Hall–Kier alpha value is -2.81. The van der Waals surface area contributed by atoms with Crippen molar-refractivity contribution >= 4 is 38.5 Å². The summed E-state index contributed by atoms with van der Waals surface area (Å²) in [6, 6.07) is 29.8. The van der Waals surface area contributed by atoms with Crippen molar-refractivity contribution in [2.75, 3.05) is 0 Å². The number of benzene rings is 4. The van der Waals surface area contributed by atoms with Crippen molar-refractivity contribution in [1.29, 1.82) is 0 Å². The molecule has 30 heavy (non-hydrogen) atoms. The molecule has 2 aliphatic carbocycles. The summed E-state index contributed by atoms with van der Waals surface area (Å²) in [4.78, 5) is 0. The zero-order valence-corrected chi connectivity index (χ0v) is 18.1. The standard InChI is InChI=1S/C27H14BrClO/c28-22-10-5-9-21-24(22)16-6-1-3-8-19(16)27(21)20-13-12-15(29)14-18(20)26-25(27)17-7-2-4-11-23(17)30-26/h1-14H. The lowest BCUT2D eigenvalue weighted by atomic mass is 9.70. The van der Waals surface area contributed by atoms with Crippen LogP contribution in [0.25, 0.3) is 33.4 Å². The number of hydrogen-bond acceptors (Lipinski definition) is 1. The van der Waals surface area contributed by atoms with E-state index in [9.17, 15) is 0 Å². The summed E-state index contributed by atoms with van der Waals surface area (Å²) < 4.78 is 7.58. The van der Waals surface area contributed by atoms with Crippen LogP contribution in [0.3, 0.4) is 0 Å². The first kappa shape index (κ1) is 16.9. The second-order valence-corrected chi connectivity index (χ2v) is 9.24. The highest BCUT2D eigenvalue weighted by Crippen LogP contribution is 2.65. The molecule has 0 aliphatic heterocycles. The van der Waals surface area contributed by atoms with Gasteiger partial charge < -0.3 is 4.42 Å². The Morgan fingerprint density at radius 2 is 1.50 bits per heavy atom. The maximum absolute atomic E-state index is 6.47. The molecule has 1 nitrogen and oxygen atoms in total. The van der Waals surface area contributed by atoms with Gasteiger partial charge in [0.05, 0.1) is 5.41 Å². The Morgan fingerprint density at radius 3 is 2.43 bits per heavy atom. The molecule has 0 amide bonds. The Morgan fingerprint density at radius 1 is 0.733 bits per heavy atom. The minimum Gasteiger partial charge on any atom is -0.456 e. The van der Waals surface area contributed by atoms with Crippen molar-refractivity contribution in [3.8, 4) is 22.5 Å². The number of halogens is 2. The summed E-state index contributed by atoms with van der Waals surface area (Å²) in [7, 11) is 0. The predicted molar refractivity (Wildman–Crippen MR) is 125 cm³/mol. The van der Waals surface area contributed by atoms with Crippen LogP contribution in [-0.2, 0) is 5.41 Å². The zero-order valence-electron chi connectivity index (χ0n) is 15.7. The van der Waals surface area contributed by atoms with Crippen molar-refractivity contribution in [2.45, 2.75) is 5.41 Å². The summed E-state index contributed by atoms with van der Waals surface area (Å²) in [5, 5.41) is 1.88. The fourth-order valence-corrected chi connectivity index (χ4v) is 6.37. The molecule has 1 atom stereocenters. The van der Waals surface area contributed by atoms with Crippen molar-refractivity contribution in [3.63, 3.8) is 0 Å². The second kappa shape index (κ2) is 5.66. The van der Waals surface area contributed by atoms with Crippen molar-refractivity contribution in [3.05, 3.63) is 117 Å². The molecule has 0 saturated carbocycles. The van der Waals surface area contributed by atoms with E-state index >= 15 is 0 Å². The Labute approximate surface area is 187 Å². The van der Waals surface area contributed by atoms with E-state index < -0.39 is 5.41 Å². The molecule has 1 spiro atoms. The molecule has 4 aromatic carbocycles. The van der Waals surface area contributed by atoms with Gasteiger partial charge in [-0.3, -0.25) is 0 Å². The van der Waals surface area contributed by atoms with E-state index in [1.807, 2.05) is 24.3 Å². The summed E-state index contributed by atoms with van der Waals surface area (Å²) >= 11 is 10.3. The fraction of sp³-hybridized carbons (Fsp3) is 0.0370. The second-order valence-electron chi connectivity index (χ2n) is 7.95. The molecular formula is C27H14BrClO. The predicted octanol–water partition coefficient (Wildman–Crippen LogP) is 8.19. The summed E-state index contributed by atoms with van der Waals surface area (Å²) in [5.74, 6) is 0.927. The van der Waals surface area contributed by atoms with Gasteiger partial charge >= 0.3 is 0 Å². The maximum Gasteiger partial charge on any atom is 0.140 e. The van der Waals surface area contributed by atoms with E-state index in [4.69, 9.17) is 16.0 Å². The van der Waals surface area contributed by atoms with Crippen molar-refractivity contribution in [2.24, 2.45) is 0 Å². The number of fused-ring (bicyclic) bond motifs is 12. The molecular weight excluding hydrogens is 456 g/mol. The largest absolute Gasteiger partial charge is 0.456 e. The normalized spacial score (nSPS) is 17.8. The van der Waals surface area contributed by atoms with Crippen molar-refractivity contribution in [1.82, 2.24) is 0 Å². The van der Waals surface area contributed by atoms with E-state index in [1.165, 1.54) is 33.4 Å². The summed E-state index contributed by atoms with van der Waals surface area (Å²) in [5.41, 5.74) is 9.12. The van der Waals surface area contributed by atoms with E-state index in [-0.39, 0.29) is 0 Å². The molecule has 7 rings (SSSR count). The first-order valence-electron chi connectivity index (χ1n) is 9.92. The van der Waals surface area contributed by atoms with Crippen LogP contribution in [0.4, 0.5) is 0 Å². The van der Waals surface area contributed by atoms with Crippen LogP contribution in [-0.4, -0.2) is 0 Å². The summed E-state index contributed by atoms with van der Waals surface area (Å²) in [6.07, 6.45) is 0. The van der Waals surface area contributed by atoms with Crippen LogP contribution >= 0.6 is 27.5 Å². The lowest BCUT2D eigenvalue weighted by Gasteiger charge is -2.29. The number of para-hydroxylation sites is 1. The van der Waals surface area contributed by atoms with Gasteiger partial charge in [-0.2, -0.15) is 0 Å². The quantitative estimate of drug-likeness (QED) is 0.218. The molecule has 0 fully saturated rings. The molecule has 2 aliphatic rings. The van der Waals surface area contributed by atoms with Gasteiger partial charge in [0.1, 0.15) is 11.3 Å². The molecule has 142 valence electrons. The van der Waals surface area contributed by atoms with E-state index in [0.717, 1.165) is 31.8 Å². The van der Waals surface area contributed by atoms with Gasteiger partial charge in [0, 0.05) is 31.6 Å². The number of furan rings is 1. The smallest absolute Gasteiger partial charge is 0.140 e. The molecule has 0 radical (unpaired) electrons. The third-order valence-corrected chi connectivity index (χ3v) is 7.51. The van der Waals surface area contributed by atoms with Gasteiger partial charge in [-0.1, -0.05) is 88.2 Å². The van der Waals surface area contributed by atoms with E-state index in [2.05, 4.69) is 76.6 Å². The van der Waals surface area contributed by atoms with Gasteiger partial charge in [-0.15, -0.1) is 0 Å². The van der Waals surface area contributed by atoms with E-state index in [0.29, 0.717) is 0 Å². The third kappa shape index (κ3) is 1.81. The van der Waals surface area contributed by atoms with Crippen molar-refractivity contribution < 1.29 is 4.42 Å². The molecule has 1 aromatic heterocycles. The Balaban J connectivity index is 1.78. The van der Waals surface area contributed by atoms with Crippen LogP contribution in [0.15, 0.2) is 93.8 Å². The van der Waals surface area contributed by atoms with Crippen LogP contribution in [0.2, 0.25) is 5.02 Å². The monoisotopic (exact) mass is 468 g/mol. The molecule has 0 bridgehead atoms. The first-order valence-corrected chi connectivity index (χ1v) is 11.1. The number of rotatable bonds is 0. The maximum atomic E-state index is 6.47. The molecule has 0 N–H and O–H groups in total. The van der Waals surface area contributed by atoms with Gasteiger partial charge in [0.25, 0.3) is 0 Å². The third-order valence-electron chi connectivity index (χ3n) is 6.62. The first-order chi connectivity index (χ1) is 14.7. The Bertz CT molecular complexity index is 1530. The van der Waals surface area contributed by atoms with Crippen LogP contribution < -0.4 is 0 Å². The average molecular weight is 470 g/mol. The minimum absolute atomic E-state index is 0.419. The van der Waals surface area contributed by atoms with Gasteiger partial charge in [-0.25, -0.2) is 0 Å². The van der Waals surface area contributed by atoms with E-state index in [1.54, 1.807) is 0 Å². The number of hydrogen-bond donors (Lipinski definition) is 0. The zero-order chi connectivity index (χ0) is 20.0. The molecule has 5 aromatic rings. The van der Waals surface area contributed by atoms with Crippen LogP contribution in [0.5, 0.6) is 0 Å². The molecule has 1 unspecified atom stereocenters. The summed E-state index contributed by atoms with van der Waals surface area (Å²) in [6.45, 7) is 0. The molecule has 3 heteroatoms.